The third kappa shape index (κ3) is 2.35. The molecule has 0 amide bonds. The van der Waals surface area contributed by atoms with Crippen LogP contribution in [-0.4, -0.2) is 13.9 Å². The summed E-state index contributed by atoms with van der Waals surface area (Å²) in [7, 11) is -1.97. The molecule has 1 aliphatic carbocycles. The Morgan fingerprint density at radius 2 is 1.74 bits per heavy atom. The molecule has 0 heterocycles. The lowest BCUT2D eigenvalue weighted by atomic mass is 9.77. The van der Waals surface area contributed by atoms with E-state index in [1.165, 1.54) is 0 Å². The van der Waals surface area contributed by atoms with Gasteiger partial charge in [-0.1, -0.05) is 53.7 Å². The Balaban J connectivity index is 3.32. The van der Waals surface area contributed by atoms with Crippen molar-refractivity contribution in [3.05, 3.63) is 24.3 Å². The Labute approximate surface area is 120 Å². The van der Waals surface area contributed by atoms with Gasteiger partial charge in [0.2, 0.25) is 0 Å². The molecular formula is C17H28OSi. The van der Waals surface area contributed by atoms with E-state index in [1.807, 2.05) is 0 Å². The summed E-state index contributed by atoms with van der Waals surface area (Å²) in [5, 5.41) is 0.122. The molecule has 0 aromatic heterocycles. The van der Waals surface area contributed by atoms with Crippen LogP contribution in [-0.2, 0) is 4.43 Å². The van der Waals surface area contributed by atoms with Crippen LogP contribution in [0.1, 0.15) is 41.0 Å². The van der Waals surface area contributed by atoms with Gasteiger partial charge in [0.1, 0.15) is 5.60 Å². The second-order valence-corrected chi connectivity index (χ2v) is 12.6. The topological polar surface area (TPSA) is 9.23 Å². The minimum Gasteiger partial charge on any atom is -0.397 e. The predicted octanol–water partition coefficient (Wildman–Crippen LogP) is 4.92. The molecular weight excluding hydrogens is 248 g/mol. The Hall–Kier alpha value is -0.783. The minimum absolute atomic E-state index is 0.122. The van der Waals surface area contributed by atoms with Crippen LogP contribution in [0.25, 0.3) is 0 Å². The van der Waals surface area contributed by atoms with Gasteiger partial charge < -0.3 is 4.43 Å². The summed E-state index contributed by atoms with van der Waals surface area (Å²) in [5.41, 5.74) is 1.07. The number of rotatable bonds is 2. The molecule has 1 aliphatic rings. The summed E-state index contributed by atoms with van der Waals surface area (Å²) < 4.78 is 6.64. The van der Waals surface area contributed by atoms with Crippen molar-refractivity contribution in [1.29, 1.82) is 0 Å². The van der Waals surface area contributed by atoms with E-state index in [9.17, 15) is 0 Å². The fourth-order valence-corrected chi connectivity index (χ4v) is 4.00. The number of terminal acetylenes is 1. The van der Waals surface area contributed by atoms with Gasteiger partial charge >= 0.3 is 0 Å². The lowest BCUT2D eigenvalue weighted by Crippen LogP contribution is -2.54. The van der Waals surface area contributed by atoms with Gasteiger partial charge in [-0.05, 0) is 35.7 Å². The molecule has 106 valence electrons. The SMILES string of the molecule is C#CC1(O[Si](C)(C)C(C)(C)C)C(=C)C(=C)CC1(C)C. The summed E-state index contributed by atoms with van der Waals surface area (Å²) in [5.74, 6) is 2.93. The van der Waals surface area contributed by atoms with E-state index in [0.717, 1.165) is 17.6 Å². The highest BCUT2D eigenvalue weighted by Crippen LogP contribution is 2.55. The maximum Gasteiger partial charge on any atom is 0.194 e. The highest BCUT2D eigenvalue weighted by molar-refractivity contribution is 6.74. The molecule has 0 saturated heterocycles. The van der Waals surface area contributed by atoms with E-state index in [2.05, 4.69) is 66.8 Å². The van der Waals surface area contributed by atoms with Crippen molar-refractivity contribution in [1.82, 2.24) is 0 Å². The smallest absolute Gasteiger partial charge is 0.194 e. The second kappa shape index (κ2) is 4.36. The third-order valence-electron chi connectivity index (χ3n) is 4.88. The van der Waals surface area contributed by atoms with Crippen LogP contribution in [0.15, 0.2) is 24.3 Å². The molecule has 0 aliphatic heterocycles. The molecule has 2 heteroatoms. The second-order valence-electron chi connectivity index (χ2n) is 7.83. The van der Waals surface area contributed by atoms with Crippen molar-refractivity contribution in [2.75, 3.05) is 0 Å². The first-order chi connectivity index (χ1) is 8.31. The van der Waals surface area contributed by atoms with E-state index in [0.29, 0.717) is 0 Å². The van der Waals surface area contributed by atoms with Crippen LogP contribution in [0.3, 0.4) is 0 Å². The molecule has 19 heavy (non-hydrogen) atoms. The van der Waals surface area contributed by atoms with Crippen LogP contribution < -0.4 is 0 Å². The molecule has 1 saturated carbocycles. The normalized spacial score (nSPS) is 27.5. The maximum atomic E-state index is 6.64. The zero-order valence-electron chi connectivity index (χ0n) is 13.6. The van der Waals surface area contributed by atoms with E-state index in [-0.39, 0.29) is 10.5 Å². The zero-order chi connectivity index (χ0) is 15.3. The fraction of sp³-hybridized carbons (Fsp3) is 0.647. The van der Waals surface area contributed by atoms with Crippen molar-refractivity contribution in [3.63, 3.8) is 0 Å². The van der Waals surface area contributed by atoms with Gasteiger partial charge in [0, 0.05) is 5.41 Å². The minimum atomic E-state index is -1.97. The quantitative estimate of drug-likeness (QED) is 0.513. The molecule has 1 atom stereocenters. The van der Waals surface area contributed by atoms with Crippen LogP contribution in [0.5, 0.6) is 0 Å². The Kier molecular flexibility index (Phi) is 3.74. The average molecular weight is 276 g/mol. The highest BCUT2D eigenvalue weighted by Gasteiger charge is 2.57. The Morgan fingerprint density at radius 3 is 2.00 bits per heavy atom. The molecule has 1 fully saturated rings. The molecule has 1 rings (SSSR count). The van der Waals surface area contributed by atoms with Crippen molar-refractivity contribution < 1.29 is 4.43 Å². The highest BCUT2D eigenvalue weighted by atomic mass is 28.4. The fourth-order valence-electron chi connectivity index (χ4n) is 2.47. The van der Waals surface area contributed by atoms with Crippen molar-refractivity contribution >= 4 is 8.32 Å². The van der Waals surface area contributed by atoms with Gasteiger partial charge in [-0.25, -0.2) is 0 Å². The largest absolute Gasteiger partial charge is 0.397 e. The van der Waals surface area contributed by atoms with E-state index < -0.39 is 13.9 Å². The standard InChI is InChI=1S/C17H28OSi/c1-11-17(18-19(9,10)15(4,5)6)14(3)13(2)12-16(17,7)8/h1H,2-3,12H2,4-10H3. The van der Waals surface area contributed by atoms with Crippen molar-refractivity contribution in [2.45, 2.75) is 64.8 Å². The first kappa shape index (κ1) is 16.3. The summed E-state index contributed by atoms with van der Waals surface area (Å²) in [6.45, 7) is 23.7. The molecule has 1 unspecified atom stereocenters. The van der Waals surface area contributed by atoms with Gasteiger partial charge in [0.25, 0.3) is 0 Å². The first-order valence-electron chi connectivity index (χ1n) is 6.86. The summed E-state index contributed by atoms with van der Waals surface area (Å²) >= 11 is 0. The lowest BCUT2D eigenvalue weighted by molar-refractivity contribution is 0.0509. The van der Waals surface area contributed by atoms with Crippen LogP contribution in [0.2, 0.25) is 18.1 Å². The maximum absolute atomic E-state index is 6.64. The summed E-state index contributed by atoms with van der Waals surface area (Å²) in [4.78, 5) is 0. The summed E-state index contributed by atoms with van der Waals surface area (Å²) in [6.07, 6.45) is 6.74. The van der Waals surface area contributed by atoms with Gasteiger partial charge in [-0.3, -0.25) is 0 Å². The first-order valence-corrected chi connectivity index (χ1v) is 9.77. The van der Waals surface area contributed by atoms with Gasteiger partial charge in [0.05, 0.1) is 0 Å². The van der Waals surface area contributed by atoms with Crippen LogP contribution in [0, 0.1) is 17.8 Å². The van der Waals surface area contributed by atoms with Crippen LogP contribution in [0.4, 0.5) is 0 Å². The Morgan fingerprint density at radius 1 is 1.26 bits per heavy atom. The molecule has 0 radical (unpaired) electrons. The van der Waals surface area contributed by atoms with Gasteiger partial charge in [-0.2, -0.15) is 0 Å². The monoisotopic (exact) mass is 276 g/mol. The molecule has 0 aromatic rings. The lowest BCUT2D eigenvalue weighted by Gasteiger charge is -2.47. The molecule has 0 N–H and O–H groups in total. The average Bonchev–Trinajstić information content (AvgIpc) is 2.36. The predicted molar refractivity (Wildman–Crippen MR) is 86.5 cm³/mol. The van der Waals surface area contributed by atoms with E-state index in [1.54, 1.807) is 0 Å². The van der Waals surface area contributed by atoms with Gasteiger partial charge in [-0.15, -0.1) is 6.42 Å². The number of hydrogen-bond donors (Lipinski definition) is 0. The van der Waals surface area contributed by atoms with Gasteiger partial charge in [0.15, 0.2) is 8.32 Å². The molecule has 0 bridgehead atoms. The zero-order valence-corrected chi connectivity index (χ0v) is 14.6. The summed E-state index contributed by atoms with van der Waals surface area (Å²) in [6, 6.07) is 0. The van der Waals surface area contributed by atoms with Crippen molar-refractivity contribution in [3.8, 4) is 12.3 Å². The van der Waals surface area contributed by atoms with Crippen molar-refractivity contribution in [2.24, 2.45) is 5.41 Å². The van der Waals surface area contributed by atoms with Crippen LogP contribution >= 0.6 is 0 Å². The molecule has 0 aromatic carbocycles. The molecule has 1 nitrogen and oxygen atoms in total. The van der Waals surface area contributed by atoms with E-state index in [4.69, 9.17) is 10.8 Å². The molecule has 0 spiro atoms. The van der Waals surface area contributed by atoms with E-state index >= 15 is 0 Å². The Bertz CT molecular complexity index is 457. The third-order valence-corrected chi connectivity index (χ3v) is 9.31. The number of hydrogen-bond acceptors (Lipinski definition) is 1.